The van der Waals surface area contributed by atoms with Crippen molar-refractivity contribution in [1.82, 2.24) is 15.2 Å². The molecule has 0 atom stereocenters. The van der Waals surface area contributed by atoms with E-state index in [0.29, 0.717) is 6.54 Å². The van der Waals surface area contributed by atoms with Crippen LogP contribution in [0.15, 0.2) is 0 Å². The third kappa shape index (κ3) is 5.51. The number of thioether (sulfide) groups is 1. The average Bonchev–Trinajstić information content (AvgIpc) is 2.83. The van der Waals surface area contributed by atoms with E-state index in [2.05, 4.69) is 29.0 Å². The van der Waals surface area contributed by atoms with Gasteiger partial charge in [-0.25, -0.2) is 4.98 Å². The van der Waals surface area contributed by atoms with E-state index in [1.807, 2.05) is 34.0 Å². The van der Waals surface area contributed by atoms with Crippen molar-refractivity contribution in [2.45, 2.75) is 52.8 Å². The smallest absolute Gasteiger partial charge is 0.166 e. The van der Waals surface area contributed by atoms with Crippen LogP contribution in [-0.4, -0.2) is 21.4 Å². The van der Waals surface area contributed by atoms with Gasteiger partial charge in [-0.15, -0.1) is 0 Å². The van der Waals surface area contributed by atoms with Crippen LogP contribution in [0.4, 0.5) is 0 Å². The number of aromatic nitrogens is 3. The quantitative estimate of drug-likeness (QED) is 0.860. The summed E-state index contributed by atoms with van der Waals surface area (Å²) in [4.78, 5) is 4.26. The Bertz CT molecular complexity index is 258. The van der Waals surface area contributed by atoms with Crippen molar-refractivity contribution >= 4 is 11.8 Å². The van der Waals surface area contributed by atoms with E-state index in [9.17, 15) is 0 Å². The molecule has 0 unspecified atom stereocenters. The van der Waals surface area contributed by atoms with E-state index in [0.717, 1.165) is 11.6 Å². The molecule has 4 nitrogen and oxygen atoms in total. The Morgan fingerprint density at radius 2 is 1.75 bits per heavy atom. The Labute approximate surface area is 104 Å². The van der Waals surface area contributed by atoms with Crippen LogP contribution in [0.2, 0.25) is 0 Å². The molecule has 3 N–H and O–H groups in total. The molecule has 1 heterocycles. The predicted molar refractivity (Wildman–Crippen MR) is 73.5 cm³/mol. The van der Waals surface area contributed by atoms with Gasteiger partial charge in [0, 0.05) is 0 Å². The number of nitrogens with two attached hydrogens (primary N) is 1. The molecule has 0 saturated carbocycles. The summed E-state index contributed by atoms with van der Waals surface area (Å²) in [5.41, 5.74) is 5.41. The van der Waals surface area contributed by atoms with Crippen molar-refractivity contribution in [3.63, 3.8) is 0 Å². The molecule has 0 aromatic carbocycles. The molecule has 0 fully saturated rings. The normalized spacial score (nSPS) is 9.75. The van der Waals surface area contributed by atoms with Crippen molar-refractivity contribution in [1.29, 1.82) is 0 Å². The Balaban J connectivity index is 0. The molecule has 0 spiro atoms. The Kier molecular flexibility index (Phi) is 10.8. The molecule has 0 aliphatic heterocycles. The van der Waals surface area contributed by atoms with Crippen LogP contribution in [0.25, 0.3) is 0 Å². The summed E-state index contributed by atoms with van der Waals surface area (Å²) in [5.74, 6) is 1.56. The molecule has 0 aliphatic carbocycles. The number of hydrogen-bond acceptors (Lipinski definition) is 4. The van der Waals surface area contributed by atoms with Gasteiger partial charge in [0.1, 0.15) is 5.82 Å². The minimum atomic E-state index is -0.0378. The summed E-state index contributed by atoms with van der Waals surface area (Å²) in [6.45, 7) is 12.6. The zero-order valence-electron chi connectivity index (χ0n) is 11.6. The molecule has 1 aromatic heterocycles. The minimum absolute atomic E-state index is 0.0378. The van der Waals surface area contributed by atoms with Crippen molar-refractivity contribution in [3.05, 3.63) is 11.6 Å². The first-order valence-electron chi connectivity index (χ1n) is 5.77. The molecule has 1 rings (SSSR count). The van der Waals surface area contributed by atoms with E-state index in [-0.39, 0.29) is 4.75 Å². The number of hydrogen-bond donors (Lipinski definition) is 2. The maximum absolute atomic E-state index is 5.41. The molecular formula is C11H26N4S. The molecule has 1 aromatic rings. The van der Waals surface area contributed by atoms with E-state index < -0.39 is 0 Å². The predicted octanol–water partition coefficient (Wildman–Crippen LogP) is 2.91. The fourth-order valence-electron chi connectivity index (χ4n) is 0.747. The summed E-state index contributed by atoms with van der Waals surface area (Å²) in [7, 11) is 0. The molecule has 0 radical (unpaired) electrons. The van der Waals surface area contributed by atoms with E-state index >= 15 is 0 Å². The van der Waals surface area contributed by atoms with Crippen LogP contribution in [0.1, 0.15) is 53.2 Å². The largest absolute Gasteiger partial charge is 0.324 e. The Hall–Kier alpha value is -0.550. The lowest BCUT2D eigenvalue weighted by molar-refractivity contribution is 0.714. The molecule has 0 amide bonds. The molecule has 0 bridgehead atoms. The first-order chi connectivity index (χ1) is 7.60. The first-order valence-corrected chi connectivity index (χ1v) is 6.99. The van der Waals surface area contributed by atoms with Gasteiger partial charge in [0.25, 0.3) is 0 Å². The van der Waals surface area contributed by atoms with Crippen molar-refractivity contribution in [2.24, 2.45) is 5.73 Å². The van der Waals surface area contributed by atoms with Crippen LogP contribution >= 0.6 is 11.8 Å². The SMILES string of the molecule is CC.CC.CSC(C)(C)c1n[nH]c(CN)n1. The summed E-state index contributed by atoms with van der Waals surface area (Å²) in [6.07, 6.45) is 2.04. The average molecular weight is 246 g/mol. The highest BCUT2D eigenvalue weighted by Gasteiger charge is 2.23. The van der Waals surface area contributed by atoms with Gasteiger partial charge in [-0.2, -0.15) is 16.9 Å². The van der Waals surface area contributed by atoms with Crippen molar-refractivity contribution in [3.8, 4) is 0 Å². The summed E-state index contributed by atoms with van der Waals surface area (Å²) in [6, 6.07) is 0. The molecule has 0 aliphatic rings. The number of rotatable bonds is 3. The minimum Gasteiger partial charge on any atom is -0.324 e. The molecule has 5 heteroatoms. The lowest BCUT2D eigenvalue weighted by atomic mass is 10.2. The van der Waals surface area contributed by atoms with Crippen LogP contribution in [0.5, 0.6) is 0 Å². The third-order valence-electron chi connectivity index (χ3n) is 1.77. The van der Waals surface area contributed by atoms with Gasteiger partial charge < -0.3 is 5.73 Å². The third-order valence-corrected chi connectivity index (χ3v) is 2.98. The molecular weight excluding hydrogens is 220 g/mol. The summed E-state index contributed by atoms with van der Waals surface area (Å²) in [5, 5.41) is 6.89. The van der Waals surface area contributed by atoms with E-state index in [4.69, 9.17) is 5.73 Å². The molecule has 16 heavy (non-hydrogen) atoms. The lowest BCUT2D eigenvalue weighted by Crippen LogP contribution is -2.13. The lowest BCUT2D eigenvalue weighted by Gasteiger charge is -2.16. The zero-order valence-corrected chi connectivity index (χ0v) is 12.4. The number of nitrogens with zero attached hydrogens (tertiary/aromatic N) is 2. The van der Waals surface area contributed by atoms with Gasteiger partial charge >= 0.3 is 0 Å². The van der Waals surface area contributed by atoms with Crippen LogP contribution in [-0.2, 0) is 11.3 Å². The fraction of sp³-hybridized carbons (Fsp3) is 0.818. The number of aromatic amines is 1. The van der Waals surface area contributed by atoms with Gasteiger partial charge in [0.2, 0.25) is 0 Å². The molecule has 96 valence electrons. The monoisotopic (exact) mass is 246 g/mol. The van der Waals surface area contributed by atoms with Crippen LogP contribution in [0.3, 0.4) is 0 Å². The van der Waals surface area contributed by atoms with Crippen molar-refractivity contribution in [2.75, 3.05) is 6.26 Å². The van der Waals surface area contributed by atoms with Crippen molar-refractivity contribution < 1.29 is 0 Å². The Morgan fingerprint density at radius 1 is 1.25 bits per heavy atom. The Morgan fingerprint density at radius 3 is 2.06 bits per heavy atom. The highest BCUT2D eigenvalue weighted by molar-refractivity contribution is 7.99. The second kappa shape index (κ2) is 9.66. The number of H-pyrrole nitrogens is 1. The zero-order chi connectivity index (χ0) is 13.2. The number of nitrogens with one attached hydrogen (secondary N) is 1. The van der Waals surface area contributed by atoms with Gasteiger partial charge in [-0.3, -0.25) is 5.10 Å². The second-order valence-electron chi connectivity index (χ2n) is 3.02. The molecule has 0 saturated heterocycles. The van der Waals surface area contributed by atoms with E-state index in [1.54, 1.807) is 11.8 Å². The second-order valence-corrected chi connectivity index (χ2v) is 4.45. The highest BCUT2D eigenvalue weighted by atomic mass is 32.2. The van der Waals surface area contributed by atoms with Gasteiger partial charge in [-0.1, -0.05) is 27.7 Å². The van der Waals surface area contributed by atoms with Gasteiger partial charge in [-0.05, 0) is 20.1 Å². The topological polar surface area (TPSA) is 67.6 Å². The maximum Gasteiger partial charge on any atom is 0.166 e. The fourth-order valence-corrected chi connectivity index (χ4v) is 1.02. The summed E-state index contributed by atoms with van der Waals surface area (Å²) < 4.78 is -0.0378. The van der Waals surface area contributed by atoms with E-state index in [1.165, 1.54) is 0 Å². The highest BCUT2D eigenvalue weighted by Crippen LogP contribution is 2.30. The summed E-state index contributed by atoms with van der Waals surface area (Å²) >= 11 is 1.72. The standard InChI is InChI=1S/C7H14N4S.2C2H6/c1-7(2,12-3)6-9-5(4-8)10-11-6;2*1-2/h4,8H2,1-3H3,(H,9,10,11);2*1-2H3. The van der Waals surface area contributed by atoms with Crippen LogP contribution in [0, 0.1) is 0 Å². The van der Waals surface area contributed by atoms with Gasteiger partial charge in [0.15, 0.2) is 5.82 Å². The first kappa shape index (κ1) is 17.8. The maximum atomic E-state index is 5.41. The van der Waals surface area contributed by atoms with Gasteiger partial charge in [0.05, 0.1) is 11.3 Å². The van der Waals surface area contributed by atoms with Crippen LogP contribution < -0.4 is 5.73 Å².